The van der Waals surface area contributed by atoms with Crippen molar-refractivity contribution < 1.29 is 0 Å². The van der Waals surface area contributed by atoms with Crippen LogP contribution in [0.1, 0.15) is 34.3 Å². The Bertz CT molecular complexity index is 1530. The third-order valence-electron chi connectivity index (χ3n) is 6.50. The van der Waals surface area contributed by atoms with E-state index in [9.17, 15) is 5.26 Å². The highest BCUT2D eigenvalue weighted by molar-refractivity contribution is 6.08. The fourth-order valence-electron chi connectivity index (χ4n) is 4.86. The summed E-state index contributed by atoms with van der Waals surface area (Å²) in [6.45, 7) is 0. The zero-order chi connectivity index (χ0) is 24.3. The molecule has 5 aromatic rings. The van der Waals surface area contributed by atoms with Crippen LogP contribution in [0.15, 0.2) is 133 Å². The average Bonchev–Trinajstić information content (AvgIpc) is 3.57. The molecule has 0 amide bonds. The highest BCUT2D eigenvalue weighted by atomic mass is 15.5. The average molecular weight is 466 g/mol. The maximum absolute atomic E-state index is 10.2. The van der Waals surface area contributed by atoms with Crippen LogP contribution in [0.25, 0.3) is 5.69 Å². The Morgan fingerprint density at radius 3 is 1.83 bits per heavy atom. The number of benzene rings is 4. The van der Waals surface area contributed by atoms with Gasteiger partial charge in [-0.2, -0.15) is 15.5 Å². The number of aromatic nitrogens is 2. The summed E-state index contributed by atoms with van der Waals surface area (Å²) in [7, 11) is 0. The molecule has 172 valence electrons. The lowest BCUT2D eigenvalue weighted by Gasteiger charge is -2.27. The lowest BCUT2D eigenvalue weighted by atomic mass is 9.83. The van der Waals surface area contributed by atoms with Crippen molar-refractivity contribution in [3.63, 3.8) is 0 Å². The first-order valence-electron chi connectivity index (χ1n) is 11.9. The largest absolute Gasteiger partial charge is 0.255 e. The molecule has 0 aliphatic carbocycles. The van der Waals surface area contributed by atoms with Gasteiger partial charge >= 0.3 is 0 Å². The van der Waals surface area contributed by atoms with E-state index in [1.54, 1.807) is 4.68 Å². The van der Waals surface area contributed by atoms with Gasteiger partial charge in [0.2, 0.25) is 0 Å². The number of rotatable bonds is 5. The number of hydrogen-bond donors (Lipinski definition) is 0. The van der Waals surface area contributed by atoms with E-state index in [-0.39, 0.29) is 12.0 Å². The fraction of sp³-hybridized carbons (Fsp3) is 0.0645. The molecule has 0 bridgehead atoms. The van der Waals surface area contributed by atoms with Gasteiger partial charge in [0.05, 0.1) is 28.6 Å². The Morgan fingerprint density at radius 2 is 1.22 bits per heavy atom. The van der Waals surface area contributed by atoms with Gasteiger partial charge < -0.3 is 0 Å². The number of anilines is 1. The van der Waals surface area contributed by atoms with Crippen molar-refractivity contribution in [3.05, 3.63) is 150 Å². The monoisotopic (exact) mass is 465 g/mol. The molecule has 1 aliphatic heterocycles. The van der Waals surface area contributed by atoms with Crippen LogP contribution in [0.3, 0.4) is 0 Å². The van der Waals surface area contributed by atoms with Gasteiger partial charge in [-0.15, -0.1) is 0 Å². The lowest BCUT2D eigenvalue weighted by Crippen LogP contribution is -2.26. The molecule has 5 nitrogen and oxygen atoms in total. The van der Waals surface area contributed by atoms with Crippen molar-refractivity contribution in [2.24, 2.45) is 5.10 Å². The molecular formula is C31H23N5. The summed E-state index contributed by atoms with van der Waals surface area (Å²) in [5.74, 6) is -0.125. The molecule has 0 N–H and O–H groups in total. The van der Waals surface area contributed by atoms with Crippen molar-refractivity contribution >= 4 is 11.4 Å². The molecule has 5 heteroatoms. The first kappa shape index (κ1) is 21.6. The molecule has 0 radical (unpaired) electrons. The fourth-order valence-corrected chi connectivity index (χ4v) is 4.86. The number of hydrazone groups is 1. The zero-order valence-electron chi connectivity index (χ0n) is 19.5. The Balaban J connectivity index is 1.58. The molecule has 2 atom stereocenters. The van der Waals surface area contributed by atoms with Crippen LogP contribution in [-0.4, -0.2) is 15.5 Å². The second-order valence-corrected chi connectivity index (χ2v) is 8.68. The number of nitriles is 1. The summed E-state index contributed by atoms with van der Waals surface area (Å²) in [5.41, 5.74) is 6.23. The SMILES string of the molecule is N#Cc1cn(-c2ccccc2)nc1[C@@H]1[C@H](c2ccccc2)C(c2ccccc2)=NN1c1ccccc1. The number of nitrogens with zero attached hydrogens (tertiary/aromatic N) is 5. The van der Waals surface area contributed by atoms with Crippen LogP contribution in [0.2, 0.25) is 0 Å². The second kappa shape index (κ2) is 9.36. The van der Waals surface area contributed by atoms with Gasteiger partial charge in [0.1, 0.15) is 17.8 Å². The molecular weight excluding hydrogens is 442 g/mol. The molecule has 0 saturated heterocycles. The van der Waals surface area contributed by atoms with E-state index in [0.29, 0.717) is 11.3 Å². The highest BCUT2D eigenvalue weighted by Crippen LogP contribution is 2.46. The molecule has 4 aromatic carbocycles. The smallest absolute Gasteiger partial charge is 0.110 e. The van der Waals surface area contributed by atoms with Crippen LogP contribution in [0.4, 0.5) is 5.69 Å². The molecule has 1 aliphatic rings. The minimum absolute atomic E-state index is 0.125. The third kappa shape index (κ3) is 3.85. The number of hydrogen-bond acceptors (Lipinski definition) is 4. The molecule has 0 unspecified atom stereocenters. The third-order valence-corrected chi connectivity index (χ3v) is 6.50. The van der Waals surface area contributed by atoms with Gasteiger partial charge in [-0.3, -0.25) is 5.01 Å². The van der Waals surface area contributed by atoms with Gasteiger partial charge in [-0.25, -0.2) is 4.68 Å². The van der Waals surface area contributed by atoms with Crippen molar-refractivity contribution in [2.45, 2.75) is 12.0 Å². The zero-order valence-corrected chi connectivity index (χ0v) is 19.5. The minimum Gasteiger partial charge on any atom is -0.255 e. The second-order valence-electron chi connectivity index (χ2n) is 8.68. The van der Waals surface area contributed by atoms with Crippen molar-refractivity contribution in [1.29, 1.82) is 5.26 Å². The Morgan fingerprint density at radius 1 is 0.667 bits per heavy atom. The van der Waals surface area contributed by atoms with Gasteiger partial charge in [-0.05, 0) is 35.4 Å². The van der Waals surface area contributed by atoms with E-state index in [2.05, 4.69) is 30.3 Å². The van der Waals surface area contributed by atoms with Crippen LogP contribution >= 0.6 is 0 Å². The quantitative estimate of drug-likeness (QED) is 0.298. The van der Waals surface area contributed by atoms with Gasteiger partial charge in [-0.1, -0.05) is 97.1 Å². The molecule has 2 heterocycles. The summed E-state index contributed by atoms with van der Waals surface area (Å²) in [4.78, 5) is 0. The molecule has 0 saturated carbocycles. The van der Waals surface area contributed by atoms with E-state index in [1.807, 2.05) is 108 Å². The highest BCUT2D eigenvalue weighted by Gasteiger charge is 2.43. The predicted molar refractivity (Wildman–Crippen MR) is 142 cm³/mol. The summed E-state index contributed by atoms with van der Waals surface area (Å²) in [6, 6.07) is 42.7. The molecule has 0 fully saturated rings. The van der Waals surface area contributed by atoms with Gasteiger partial charge in [0.25, 0.3) is 0 Å². The van der Waals surface area contributed by atoms with Crippen LogP contribution in [0.5, 0.6) is 0 Å². The predicted octanol–water partition coefficient (Wildman–Crippen LogP) is 6.49. The van der Waals surface area contributed by atoms with E-state index >= 15 is 0 Å². The molecule has 6 rings (SSSR count). The summed E-state index contributed by atoms with van der Waals surface area (Å²) >= 11 is 0. The van der Waals surface area contributed by atoms with Crippen LogP contribution in [-0.2, 0) is 0 Å². The van der Waals surface area contributed by atoms with Gasteiger partial charge in [0.15, 0.2) is 0 Å². The first-order chi connectivity index (χ1) is 17.8. The van der Waals surface area contributed by atoms with Crippen molar-refractivity contribution in [3.8, 4) is 11.8 Å². The summed E-state index contributed by atoms with van der Waals surface area (Å²) in [5, 5.41) is 22.4. The normalized spacial score (nSPS) is 17.0. The van der Waals surface area contributed by atoms with E-state index < -0.39 is 0 Å². The maximum Gasteiger partial charge on any atom is 0.110 e. The molecule has 1 aromatic heterocycles. The van der Waals surface area contributed by atoms with Crippen molar-refractivity contribution in [2.75, 3.05) is 5.01 Å². The van der Waals surface area contributed by atoms with Crippen LogP contribution < -0.4 is 5.01 Å². The van der Waals surface area contributed by atoms with E-state index in [1.165, 1.54) is 0 Å². The van der Waals surface area contributed by atoms with E-state index in [4.69, 9.17) is 10.2 Å². The maximum atomic E-state index is 10.2. The Kier molecular flexibility index (Phi) is 5.61. The number of para-hydroxylation sites is 2. The summed E-state index contributed by atoms with van der Waals surface area (Å²) < 4.78 is 1.79. The molecule has 36 heavy (non-hydrogen) atoms. The standard InChI is InChI=1S/C31H23N5/c32-21-25-22-35(26-17-9-3-10-18-26)33-30(25)31-28(23-13-5-1-6-14-23)29(24-15-7-2-8-16-24)34-36(31)27-19-11-4-12-20-27/h1-20,22,28,31H/t28-,31+/m1/s1. The lowest BCUT2D eigenvalue weighted by molar-refractivity contribution is 0.618. The van der Waals surface area contributed by atoms with Crippen LogP contribution in [0, 0.1) is 11.3 Å². The summed E-state index contributed by atoms with van der Waals surface area (Å²) in [6.07, 6.45) is 1.82. The first-order valence-corrected chi connectivity index (χ1v) is 11.9. The minimum atomic E-state index is -0.301. The van der Waals surface area contributed by atoms with Crippen molar-refractivity contribution in [1.82, 2.24) is 9.78 Å². The van der Waals surface area contributed by atoms with Gasteiger partial charge in [0, 0.05) is 6.20 Å². The topological polar surface area (TPSA) is 57.2 Å². The molecule has 0 spiro atoms. The Hall–Kier alpha value is -4.95. The van der Waals surface area contributed by atoms with E-state index in [0.717, 1.165) is 28.2 Å². The Labute approximate surface area is 210 Å².